The molecule has 136 valence electrons. The minimum Gasteiger partial charge on any atom is -0.353 e. The summed E-state index contributed by atoms with van der Waals surface area (Å²) in [6, 6.07) is 6.64. The first-order valence-electron chi connectivity index (χ1n) is 9.92. The van der Waals surface area contributed by atoms with Crippen molar-refractivity contribution < 1.29 is 4.79 Å². The van der Waals surface area contributed by atoms with Gasteiger partial charge in [-0.15, -0.1) is 0 Å². The molecule has 0 atom stereocenters. The van der Waals surface area contributed by atoms with Crippen LogP contribution in [0.15, 0.2) is 18.2 Å². The van der Waals surface area contributed by atoms with Crippen LogP contribution in [0.25, 0.3) is 0 Å². The zero-order chi connectivity index (χ0) is 17.2. The van der Waals surface area contributed by atoms with Gasteiger partial charge < -0.3 is 15.1 Å². The summed E-state index contributed by atoms with van der Waals surface area (Å²) in [6.45, 7) is 3.43. The van der Waals surface area contributed by atoms with E-state index in [-0.39, 0.29) is 11.8 Å². The number of aromatic nitrogens is 1. The average Bonchev–Trinajstić information content (AvgIpc) is 3.36. The number of amides is 1. The maximum Gasteiger partial charge on any atom is 0.228 e. The van der Waals surface area contributed by atoms with E-state index in [0.717, 1.165) is 44.2 Å². The van der Waals surface area contributed by atoms with Gasteiger partial charge in [-0.2, -0.15) is 0 Å². The van der Waals surface area contributed by atoms with Crippen molar-refractivity contribution >= 4 is 17.5 Å². The lowest BCUT2D eigenvalue weighted by molar-refractivity contribution is -0.122. The van der Waals surface area contributed by atoms with Crippen LogP contribution in [0.1, 0.15) is 44.9 Å². The molecule has 5 nitrogen and oxygen atoms in total. The molecule has 5 heteroatoms. The predicted octanol–water partition coefficient (Wildman–Crippen LogP) is 3.13. The minimum atomic E-state index is 0.143. The Hall–Kier alpha value is -1.62. The summed E-state index contributed by atoms with van der Waals surface area (Å²) in [6.07, 6.45) is 8.32. The first-order valence-corrected chi connectivity index (χ1v) is 9.92. The van der Waals surface area contributed by atoms with E-state index in [1.807, 2.05) is 12.1 Å². The maximum atomic E-state index is 12.2. The van der Waals surface area contributed by atoms with E-state index < -0.39 is 0 Å². The Morgan fingerprint density at radius 3 is 2.60 bits per heavy atom. The molecular weight excluding hydrogens is 312 g/mol. The van der Waals surface area contributed by atoms with Crippen LogP contribution in [0.2, 0.25) is 0 Å². The Labute approximate surface area is 150 Å². The van der Waals surface area contributed by atoms with E-state index in [1.54, 1.807) is 0 Å². The fourth-order valence-corrected chi connectivity index (χ4v) is 3.87. The highest BCUT2D eigenvalue weighted by molar-refractivity contribution is 5.92. The molecule has 1 aliphatic heterocycles. The van der Waals surface area contributed by atoms with Gasteiger partial charge in [0, 0.05) is 18.5 Å². The summed E-state index contributed by atoms with van der Waals surface area (Å²) in [5.41, 5.74) is 0. The second-order valence-corrected chi connectivity index (χ2v) is 8.13. The Morgan fingerprint density at radius 1 is 1.20 bits per heavy atom. The lowest BCUT2D eigenvalue weighted by atomic mass is 9.85. The number of piperidine rings is 1. The molecule has 3 fully saturated rings. The van der Waals surface area contributed by atoms with Gasteiger partial charge in [-0.05, 0) is 76.7 Å². The molecular formula is C20H30N4O. The molecule has 2 heterocycles. The Morgan fingerprint density at radius 2 is 1.96 bits per heavy atom. The van der Waals surface area contributed by atoms with Gasteiger partial charge in [-0.1, -0.05) is 12.5 Å². The highest BCUT2D eigenvalue weighted by Crippen LogP contribution is 2.34. The standard InChI is InChI=1S/C20H30N4O/c1-23-12-10-17(11-13-23)24(14-15-8-9-15)19-7-3-6-18(21-19)22-20(25)16-4-2-5-16/h3,6-7,15-17H,2,4-5,8-14H2,1H3,(H,21,22,25). The molecule has 25 heavy (non-hydrogen) atoms. The zero-order valence-electron chi connectivity index (χ0n) is 15.3. The molecule has 0 aromatic carbocycles. The topological polar surface area (TPSA) is 48.5 Å². The van der Waals surface area contributed by atoms with Crippen LogP contribution in [-0.2, 0) is 4.79 Å². The summed E-state index contributed by atoms with van der Waals surface area (Å²) in [7, 11) is 2.20. The third-order valence-corrected chi connectivity index (χ3v) is 6.04. The van der Waals surface area contributed by atoms with Crippen molar-refractivity contribution in [2.75, 3.05) is 36.9 Å². The fourth-order valence-electron chi connectivity index (χ4n) is 3.87. The molecule has 2 aliphatic carbocycles. The number of nitrogens with one attached hydrogen (secondary N) is 1. The van der Waals surface area contributed by atoms with Crippen molar-refractivity contribution in [3.05, 3.63) is 18.2 Å². The van der Waals surface area contributed by atoms with Gasteiger partial charge in [-0.3, -0.25) is 4.79 Å². The molecule has 1 N–H and O–H groups in total. The third-order valence-electron chi connectivity index (χ3n) is 6.04. The van der Waals surface area contributed by atoms with Crippen LogP contribution >= 0.6 is 0 Å². The van der Waals surface area contributed by atoms with Crippen molar-refractivity contribution in [1.82, 2.24) is 9.88 Å². The monoisotopic (exact) mass is 342 g/mol. The number of hydrogen-bond donors (Lipinski definition) is 1. The molecule has 0 bridgehead atoms. The minimum absolute atomic E-state index is 0.143. The van der Waals surface area contributed by atoms with Crippen molar-refractivity contribution in [2.24, 2.45) is 11.8 Å². The molecule has 1 aromatic rings. The maximum absolute atomic E-state index is 12.2. The lowest BCUT2D eigenvalue weighted by Crippen LogP contribution is -2.45. The third kappa shape index (κ3) is 4.14. The normalized spacial score (nSPS) is 22.4. The fraction of sp³-hybridized carbons (Fsp3) is 0.700. The predicted molar refractivity (Wildman–Crippen MR) is 101 cm³/mol. The highest BCUT2D eigenvalue weighted by Gasteiger charge is 2.31. The molecule has 0 unspecified atom stereocenters. The van der Waals surface area contributed by atoms with E-state index in [9.17, 15) is 4.79 Å². The van der Waals surface area contributed by atoms with Crippen LogP contribution in [0.3, 0.4) is 0 Å². The molecule has 0 radical (unpaired) electrons. The van der Waals surface area contributed by atoms with E-state index in [4.69, 9.17) is 4.98 Å². The van der Waals surface area contributed by atoms with Crippen LogP contribution in [0.5, 0.6) is 0 Å². The molecule has 2 saturated carbocycles. The van der Waals surface area contributed by atoms with Gasteiger partial charge in [-0.25, -0.2) is 4.98 Å². The van der Waals surface area contributed by atoms with E-state index >= 15 is 0 Å². The molecule has 1 saturated heterocycles. The van der Waals surface area contributed by atoms with Crippen LogP contribution in [0.4, 0.5) is 11.6 Å². The van der Waals surface area contributed by atoms with Crippen molar-refractivity contribution in [2.45, 2.75) is 51.0 Å². The molecule has 4 rings (SSSR count). The van der Waals surface area contributed by atoms with Crippen molar-refractivity contribution in [3.8, 4) is 0 Å². The molecule has 1 amide bonds. The van der Waals surface area contributed by atoms with Gasteiger partial charge in [0.05, 0.1) is 0 Å². The number of nitrogens with zero attached hydrogens (tertiary/aromatic N) is 3. The molecule has 1 aromatic heterocycles. The van der Waals surface area contributed by atoms with Gasteiger partial charge in [0.25, 0.3) is 0 Å². The number of pyridine rings is 1. The van der Waals surface area contributed by atoms with Crippen LogP contribution in [-0.4, -0.2) is 48.5 Å². The van der Waals surface area contributed by atoms with Crippen molar-refractivity contribution in [3.63, 3.8) is 0 Å². The van der Waals surface area contributed by atoms with E-state index in [0.29, 0.717) is 11.9 Å². The summed E-state index contributed by atoms with van der Waals surface area (Å²) in [4.78, 5) is 22.0. The summed E-state index contributed by atoms with van der Waals surface area (Å²) >= 11 is 0. The number of rotatable bonds is 6. The van der Waals surface area contributed by atoms with Crippen LogP contribution in [0, 0.1) is 11.8 Å². The smallest absolute Gasteiger partial charge is 0.228 e. The Kier molecular flexibility index (Phi) is 4.93. The Balaban J connectivity index is 1.47. The number of carbonyl (C=O) groups excluding carboxylic acids is 1. The average molecular weight is 342 g/mol. The second-order valence-electron chi connectivity index (χ2n) is 8.13. The van der Waals surface area contributed by atoms with Gasteiger partial charge >= 0.3 is 0 Å². The lowest BCUT2D eigenvalue weighted by Gasteiger charge is -2.38. The number of anilines is 2. The van der Waals surface area contributed by atoms with Crippen molar-refractivity contribution in [1.29, 1.82) is 0 Å². The van der Waals surface area contributed by atoms with E-state index in [2.05, 4.69) is 28.2 Å². The largest absolute Gasteiger partial charge is 0.353 e. The summed E-state index contributed by atoms with van der Waals surface area (Å²) in [5, 5.41) is 3.03. The number of likely N-dealkylation sites (tertiary alicyclic amines) is 1. The van der Waals surface area contributed by atoms with E-state index in [1.165, 1.54) is 32.1 Å². The first kappa shape index (κ1) is 16.8. The zero-order valence-corrected chi connectivity index (χ0v) is 15.3. The summed E-state index contributed by atoms with van der Waals surface area (Å²) < 4.78 is 0. The molecule has 0 spiro atoms. The van der Waals surface area contributed by atoms with Crippen LogP contribution < -0.4 is 10.2 Å². The SMILES string of the molecule is CN1CCC(N(CC2CC2)c2cccc(NC(=O)C3CCC3)n2)CC1. The first-order chi connectivity index (χ1) is 12.2. The van der Waals surface area contributed by atoms with Gasteiger partial charge in [0.15, 0.2) is 0 Å². The Bertz CT molecular complexity index is 603. The van der Waals surface area contributed by atoms with Gasteiger partial charge in [0.2, 0.25) is 5.91 Å². The molecule has 3 aliphatic rings. The quantitative estimate of drug-likeness (QED) is 0.863. The second kappa shape index (κ2) is 7.32. The number of carbonyl (C=O) groups is 1. The highest BCUT2D eigenvalue weighted by atomic mass is 16.2. The number of hydrogen-bond acceptors (Lipinski definition) is 4. The summed E-state index contributed by atoms with van der Waals surface area (Å²) in [5.74, 6) is 2.91. The van der Waals surface area contributed by atoms with Gasteiger partial charge in [0.1, 0.15) is 11.6 Å².